The van der Waals surface area contributed by atoms with Gasteiger partial charge in [0, 0.05) is 5.02 Å². The first-order valence-electron chi connectivity index (χ1n) is 11.5. The molecule has 7 heteroatoms. The Kier molecular flexibility index (Phi) is 7.97. The van der Waals surface area contributed by atoms with Gasteiger partial charge >= 0.3 is 0 Å². The van der Waals surface area contributed by atoms with Crippen LogP contribution in [0.5, 0.6) is 0 Å². The zero-order valence-corrected chi connectivity index (χ0v) is 22.7. The molecule has 1 atom stereocenters. The second-order valence-corrected chi connectivity index (χ2v) is 12.2. The van der Waals surface area contributed by atoms with Crippen LogP contribution < -0.4 is 9.62 Å². The van der Waals surface area contributed by atoms with Crippen LogP contribution in [-0.4, -0.2) is 20.9 Å². The maximum Gasteiger partial charge on any atom is 0.264 e. The first kappa shape index (κ1) is 26.8. The molecule has 0 bridgehead atoms. The topological polar surface area (TPSA) is 66.5 Å². The van der Waals surface area contributed by atoms with Crippen molar-refractivity contribution in [3.05, 3.63) is 94.0 Å². The minimum absolute atomic E-state index is 0.0324. The van der Waals surface area contributed by atoms with Crippen LogP contribution in [0.4, 0.5) is 5.69 Å². The largest absolute Gasteiger partial charge is 0.348 e. The number of carbonyl (C=O) groups excluding carboxylic acids is 1. The van der Waals surface area contributed by atoms with Crippen molar-refractivity contribution in [2.75, 3.05) is 10.8 Å². The van der Waals surface area contributed by atoms with Crippen LogP contribution in [0.25, 0.3) is 0 Å². The number of aryl methyl sites for hydroxylation is 2. The predicted octanol–water partition coefficient (Wildman–Crippen LogP) is 6.33. The number of hydrogen-bond acceptors (Lipinski definition) is 3. The number of amides is 1. The molecule has 0 saturated heterocycles. The van der Waals surface area contributed by atoms with Gasteiger partial charge in [-0.25, -0.2) is 8.42 Å². The molecule has 5 nitrogen and oxygen atoms in total. The van der Waals surface area contributed by atoms with E-state index in [9.17, 15) is 13.2 Å². The number of hydrogen-bond donors (Lipinski definition) is 1. The zero-order valence-electron chi connectivity index (χ0n) is 21.1. The molecule has 0 aliphatic carbocycles. The van der Waals surface area contributed by atoms with E-state index in [0.29, 0.717) is 16.3 Å². The van der Waals surface area contributed by atoms with E-state index < -0.39 is 15.9 Å². The summed E-state index contributed by atoms with van der Waals surface area (Å²) in [5.41, 5.74) is 4.19. The van der Waals surface area contributed by atoms with E-state index in [1.54, 1.807) is 49.4 Å². The Balaban J connectivity index is 1.89. The summed E-state index contributed by atoms with van der Waals surface area (Å²) < 4.78 is 28.4. The third kappa shape index (κ3) is 6.44. The normalized spacial score (nSPS) is 12.8. The van der Waals surface area contributed by atoms with Crippen LogP contribution in [0, 0.1) is 13.8 Å². The molecule has 0 aromatic heterocycles. The molecule has 0 spiro atoms. The highest BCUT2D eigenvalue weighted by molar-refractivity contribution is 7.92. The molecule has 0 saturated carbocycles. The monoisotopic (exact) mass is 512 g/mol. The summed E-state index contributed by atoms with van der Waals surface area (Å²) in [7, 11) is -4.01. The molecule has 186 valence electrons. The van der Waals surface area contributed by atoms with Crippen LogP contribution in [0.15, 0.2) is 71.6 Å². The highest BCUT2D eigenvalue weighted by atomic mass is 35.5. The predicted molar refractivity (Wildman–Crippen MR) is 144 cm³/mol. The average Bonchev–Trinajstić information content (AvgIpc) is 2.79. The standard InChI is InChI=1S/C28H33ClN2O3S/c1-19-7-15-25(16-8-19)35(33,34)31(26-17-24(29)14-9-20(26)2)18-27(32)30-21(3)22-10-12-23(13-11-22)28(4,5)6/h7-17,21H,18H2,1-6H3,(H,30,32)/t21-/m0/s1. The molecule has 1 N–H and O–H groups in total. The van der Waals surface area contributed by atoms with E-state index in [0.717, 1.165) is 15.4 Å². The molecule has 0 fully saturated rings. The van der Waals surface area contributed by atoms with Gasteiger partial charge in [-0.15, -0.1) is 0 Å². The maximum absolute atomic E-state index is 13.6. The fourth-order valence-electron chi connectivity index (χ4n) is 3.76. The SMILES string of the molecule is Cc1ccc(S(=O)(=O)N(CC(=O)N[C@@H](C)c2ccc(C(C)(C)C)cc2)c2cc(Cl)ccc2C)cc1. The molecule has 3 aromatic carbocycles. The number of benzene rings is 3. The summed E-state index contributed by atoms with van der Waals surface area (Å²) in [5, 5.41) is 3.33. The Morgan fingerprint density at radius 3 is 2.14 bits per heavy atom. The van der Waals surface area contributed by atoms with Crippen LogP contribution in [0.3, 0.4) is 0 Å². The molecule has 35 heavy (non-hydrogen) atoms. The first-order valence-corrected chi connectivity index (χ1v) is 13.4. The first-order chi connectivity index (χ1) is 16.3. The zero-order chi connectivity index (χ0) is 26.0. The van der Waals surface area contributed by atoms with Gasteiger partial charge in [-0.05, 0) is 67.1 Å². The number of anilines is 1. The Morgan fingerprint density at radius 1 is 0.971 bits per heavy atom. The Bertz CT molecular complexity index is 1300. The van der Waals surface area contributed by atoms with Gasteiger partial charge in [0.15, 0.2) is 0 Å². The summed E-state index contributed by atoms with van der Waals surface area (Å²) in [6.45, 7) is 11.6. The molecule has 0 heterocycles. The molecule has 0 aliphatic rings. The van der Waals surface area contributed by atoms with Crippen LogP contribution in [-0.2, 0) is 20.2 Å². The van der Waals surface area contributed by atoms with E-state index in [4.69, 9.17) is 11.6 Å². The highest BCUT2D eigenvalue weighted by Crippen LogP contribution is 2.30. The van der Waals surface area contributed by atoms with Crippen LogP contribution >= 0.6 is 11.6 Å². The third-order valence-corrected chi connectivity index (χ3v) is 8.00. The second-order valence-electron chi connectivity index (χ2n) is 9.92. The van der Waals surface area contributed by atoms with Gasteiger partial charge in [-0.2, -0.15) is 0 Å². The fourth-order valence-corrected chi connectivity index (χ4v) is 5.40. The smallest absolute Gasteiger partial charge is 0.264 e. The lowest BCUT2D eigenvalue weighted by Crippen LogP contribution is -2.42. The van der Waals surface area contributed by atoms with Crippen molar-refractivity contribution in [1.29, 1.82) is 0 Å². The Morgan fingerprint density at radius 2 is 1.57 bits per heavy atom. The second kappa shape index (κ2) is 10.4. The quantitative estimate of drug-likeness (QED) is 0.402. The van der Waals surface area contributed by atoms with Gasteiger partial charge in [-0.3, -0.25) is 9.10 Å². The summed E-state index contributed by atoms with van der Waals surface area (Å²) in [4.78, 5) is 13.2. The average molecular weight is 513 g/mol. The van der Waals surface area contributed by atoms with Gasteiger partial charge in [0.25, 0.3) is 10.0 Å². The van der Waals surface area contributed by atoms with E-state index in [1.165, 1.54) is 5.56 Å². The summed E-state index contributed by atoms with van der Waals surface area (Å²) >= 11 is 6.20. The number of nitrogens with zero attached hydrogens (tertiary/aromatic N) is 1. The maximum atomic E-state index is 13.6. The minimum atomic E-state index is -4.01. The lowest BCUT2D eigenvalue weighted by atomic mass is 9.86. The van der Waals surface area contributed by atoms with Gasteiger partial charge in [0.1, 0.15) is 6.54 Å². The lowest BCUT2D eigenvalue weighted by Gasteiger charge is -2.27. The van der Waals surface area contributed by atoms with Crippen molar-refractivity contribution in [2.24, 2.45) is 0 Å². The van der Waals surface area contributed by atoms with Crippen LogP contribution in [0.1, 0.15) is 56.0 Å². The van der Waals surface area contributed by atoms with E-state index in [2.05, 4.69) is 38.2 Å². The Hall–Kier alpha value is -2.83. The van der Waals surface area contributed by atoms with Crippen LogP contribution in [0.2, 0.25) is 5.02 Å². The summed E-state index contributed by atoms with van der Waals surface area (Å²) in [6, 6.07) is 19.4. The number of sulfonamides is 1. The van der Waals surface area contributed by atoms with Crippen molar-refractivity contribution >= 4 is 33.2 Å². The molecule has 0 unspecified atom stereocenters. The minimum Gasteiger partial charge on any atom is -0.348 e. The van der Waals surface area contributed by atoms with E-state index in [1.807, 2.05) is 26.0 Å². The number of rotatable bonds is 7. The van der Waals surface area contributed by atoms with Crippen molar-refractivity contribution in [2.45, 2.75) is 57.9 Å². The van der Waals surface area contributed by atoms with Gasteiger partial charge < -0.3 is 5.32 Å². The van der Waals surface area contributed by atoms with Crippen molar-refractivity contribution in [3.8, 4) is 0 Å². The Labute approximate surface area is 214 Å². The number of nitrogens with one attached hydrogen (secondary N) is 1. The van der Waals surface area contributed by atoms with E-state index >= 15 is 0 Å². The fraction of sp³-hybridized carbons (Fsp3) is 0.321. The van der Waals surface area contributed by atoms with Gasteiger partial charge in [-0.1, -0.05) is 80.4 Å². The van der Waals surface area contributed by atoms with Crippen molar-refractivity contribution in [1.82, 2.24) is 5.32 Å². The molecular formula is C28H33ClN2O3S. The van der Waals surface area contributed by atoms with Crippen molar-refractivity contribution < 1.29 is 13.2 Å². The van der Waals surface area contributed by atoms with Gasteiger partial charge in [0.2, 0.25) is 5.91 Å². The molecule has 0 aliphatic heterocycles. The molecule has 3 rings (SSSR count). The molecule has 0 radical (unpaired) electrons. The lowest BCUT2D eigenvalue weighted by molar-refractivity contribution is -0.120. The number of carbonyl (C=O) groups is 1. The number of halogens is 1. The van der Waals surface area contributed by atoms with Gasteiger partial charge in [0.05, 0.1) is 16.6 Å². The molecular weight excluding hydrogens is 480 g/mol. The van der Waals surface area contributed by atoms with E-state index in [-0.39, 0.29) is 22.9 Å². The molecule has 1 amide bonds. The summed E-state index contributed by atoms with van der Waals surface area (Å²) in [5.74, 6) is -0.410. The summed E-state index contributed by atoms with van der Waals surface area (Å²) in [6.07, 6.45) is 0. The highest BCUT2D eigenvalue weighted by Gasteiger charge is 2.29. The van der Waals surface area contributed by atoms with Crippen molar-refractivity contribution in [3.63, 3.8) is 0 Å². The third-order valence-electron chi connectivity index (χ3n) is 5.99. The molecule has 3 aromatic rings.